The van der Waals surface area contributed by atoms with E-state index in [0.717, 1.165) is 35.4 Å². The Bertz CT molecular complexity index is 662. The number of phenols is 1. The number of hydrogen-bond acceptors (Lipinski definition) is 2. The van der Waals surface area contributed by atoms with Crippen molar-refractivity contribution in [2.24, 2.45) is 0 Å². The molecule has 3 heteroatoms. The molecule has 0 atom stereocenters. The molecule has 116 valence electrons. The molecule has 0 aliphatic heterocycles. The molecule has 2 aromatic carbocycles. The van der Waals surface area contributed by atoms with E-state index in [0.29, 0.717) is 5.75 Å². The maximum Gasteiger partial charge on any atom is 0.161 e. The molecule has 0 saturated heterocycles. The zero-order chi connectivity index (χ0) is 15.9. The topological polar surface area (TPSA) is 29.5 Å². The zero-order valence-electron chi connectivity index (χ0n) is 13.0. The number of benzene rings is 2. The van der Waals surface area contributed by atoms with Crippen LogP contribution in [0.25, 0.3) is 6.08 Å². The first-order valence-corrected chi connectivity index (χ1v) is 7.76. The molecule has 2 rings (SSSR count). The monoisotopic (exact) mass is 316 g/mol. The molecule has 0 radical (unpaired) electrons. The van der Waals surface area contributed by atoms with Gasteiger partial charge in [0.05, 0.1) is 7.11 Å². The van der Waals surface area contributed by atoms with Crippen LogP contribution < -0.4 is 4.74 Å². The molecule has 0 unspecified atom stereocenters. The van der Waals surface area contributed by atoms with Crippen molar-refractivity contribution in [2.45, 2.75) is 26.2 Å². The van der Waals surface area contributed by atoms with Crippen LogP contribution >= 0.6 is 11.6 Å². The molecule has 0 spiro atoms. The van der Waals surface area contributed by atoms with Crippen molar-refractivity contribution in [1.29, 1.82) is 0 Å². The first-order chi connectivity index (χ1) is 10.6. The van der Waals surface area contributed by atoms with Gasteiger partial charge in [-0.05, 0) is 61.1 Å². The first-order valence-electron chi connectivity index (χ1n) is 7.38. The normalized spacial score (nSPS) is 11.0. The highest BCUT2D eigenvalue weighted by Crippen LogP contribution is 2.26. The van der Waals surface area contributed by atoms with Crippen molar-refractivity contribution in [1.82, 2.24) is 0 Å². The molecule has 1 N–H and O–H groups in total. The molecule has 0 aliphatic rings. The van der Waals surface area contributed by atoms with Crippen LogP contribution in [0.5, 0.6) is 11.5 Å². The van der Waals surface area contributed by atoms with Gasteiger partial charge in [0.1, 0.15) is 0 Å². The van der Waals surface area contributed by atoms with Crippen LogP contribution in [-0.4, -0.2) is 12.2 Å². The predicted octanol–water partition coefficient (Wildman–Crippen LogP) is 5.40. The van der Waals surface area contributed by atoms with E-state index < -0.39 is 0 Å². The molecule has 0 saturated carbocycles. The van der Waals surface area contributed by atoms with Gasteiger partial charge in [0.2, 0.25) is 0 Å². The second-order valence-electron chi connectivity index (χ2n) is 5.31. The molecule has 0 fully saturated rings. The Morgan fingerprint density at radius 2 is 2.00 bits per heavy atom. The smallest absolute Gasteiger partial charge is 0.161 e. The standard InChI is InChI=1S/C19H21ClO2/c1-14-8-9-15(12-17(14)20)6-4-3-5-7-16-10-11-18(21)19(13-16)22-2/h5,7-13,21H,3-4,6H2,1-2H3/b7-5+. The van der Waals surface area contributed by atoms with Crippen LogP contribution in [0.3, 0.4) is 0 Å². The van der Waals surface area contributed by atoms with Crippen LogP contribution in [0, 0.1) is 6.92 Å². The Labute approximate surface area is 137 Å². The highest BCUT2D eigenvalue weighted by Gasteiger charge is 2.00. The third-order valence-corrected chi connectivity index (χ3v) is 3.99. The lowest BCUT2D eigenvalue weighted by molar-refractivity contribution is 0.373. The average molecular weight is 317 g/mol. The lowest BCUT2D eigenvalue weighted by Crippen LogP contribution is -1.86. The summed E-state index contributed by atoms with van der Waals surface area (Å²) in [5, 5.41) is 10.4. The minimum atomic E-state index is 0.163. The van der Waals surface area contributed by atoms with Crippen molar-refractivity contribution in [3.8, 4) is 11.5 Å². The molecule has 0 aromatic heterocycles. The Morgan fingerprint density at radius 1 is 1.18 bits per heavy atom. The van der Waals surface area contributed by atoms with Crippen LogP contribution in [0.4, 0.5) is 0 Å². The lowest BCUT2D eigenvalue weighted by atomic mass is 10.1. The van der Waals surface area contributed by atoms with Gasteiger partial charge in [0.25, 0.3) is 0 Å². The van der Waals surface area contributed by atoms with E-state index in [1.165, 1.54) is 5.56 Å². The van der Waals surface area contributed by atoms with E-state index >= 15 is 0 Å². The maximum absolute atomic E-state index is 9.55. The van der Waals surface area contributed by atoms with Crippen molar-refractivity contribution in [2.75, 3.05) is 7.11 Å². The molecule has 0 bridgehead atoms. The SMILES string of the molecule is COc1cc(/C=C/CCCc2ccc(C)c(Cl)c2)ccc1O. The van der Waals surface area contributed by atoms with Crippen LogP contribution in [0.15, 0.2) is 42.5 Å². The third-order valence-electron chi connectivity index (χ3n) is 3.59. The number of phenolic OH excluding ortho intramolecular Hbond substituents is 1. The molecular weight excluding hydrogens is 296 g/mol. The summed E-state index contributed by atoms with van der Waals surface area (Å²) in [5.74, 6) is 0.660. The van der Waals surface area contributed by atoms with Gasteiger partial charge in [-0.15, -0.1) is 0 Å². The highest BCUT2D eigenvalue weighted by atomic mass is 35.5. The summed E-state index contributed by atoms with van der Waals surface area (Å²) in [4.78, 5) is 0. The highest BCUT2D eigenvalue weighted by molar-refractivity contribution is 6.31. The fourth-order valence-electron chi connectivity index (χ4n) is 2.23. The maximum atomic E-state index is 9.55. The summed E-state index contributed by atoms with van der Waals surface area (Å²) in [5.41, 5.74) is 3.41. The number of rotatable bonds is 6. The first kappa shape index (κ1) is 16.4. The Morgan fingerprint density at radius 3 is 2.73 bits per heavy atom. The molecular formula is C19H21ClO2. The molecule has 0 heterocycles. The van der Waals surface area contributed by atoms with Crippen LogP contribution in [0.1, 0.15) is 29.5 Å². The average Bonchev–Trinajstić information content (AvgIpc) is 2.52. The van der Waals surface area contributed by atoms with Crippen molar-refractivity contribution < 1.29 is 9.84 Å². The summed E-state index contributed by atoms with van der Waals surface area (Å²) in [6.07, 6.45) is 7.27. The van der Waals surface area contributed by atoms with Gasteiger partial charge >= 0.3 is 0 Å². The summed E-state index contributed by atoms with van der Waals surface area (Å²) < 4.78 is 5.10. The van der Waals surface area contributed by atoms with E-state index in [1.807, 2.05) is 31.2 Å². The Balaban J connectivity index is 1.84. The van der Waals surface area contributed by atoms with E-state index in [9.17, 15) is 5.11 Å². The number of hydrogen-bond donors (Lipinski definition) is 1. The number of allylic oxidation sites excluding steroid dienone is 1. The second-order valence-corrected chi connectivity index (χ2v) is 5.72. The molecule has 2 nitrogen and oxygen atoms in total. The van der Waals surface area contributed by atoms with Gasteiger partial charge in [-0.25, -0.2) is 0 Å². The fourth-order valence-corrected chi connectivity index (χ4v) is 2.44. The lowest BCUT2D eigenvalue weighted by Gasteiger charge is -2.04. The van der Waals surface area contributed by atoms with Gasteiger partial charge in [-0.3, -0.25) is 0 Å². The number of unbranched alkanes of at least 4 members (excludes halogenated alkanes) is 1. The van der Waals surface area contributed by atoms with Crippen LogP contribution in [-0.2, 0) is 6.42 Å². The van der Waals surface area contributed by atoms with Gasteiger partial charge < -0.3 is 9.84 Å². The predicted molar refractivity (Wildman–Crippen MR) is 92.8 cm³/mol. The third kappa shape index (κ3) is 4.54. The van der Waals surface area contributed by atoms with Gasteiger partial charge in [0.15, 0.2) is 11.5 Å². The fraction of sp³-hybridized carbons (Fsp3) is 0.263. The molecule has 0 amide bonds. The largest absolute Gasteiger partial charge is 0.504 e. The van der Waals surface area contributed by atoms with Gasteiger partial charge in [-0.1, -0.05) is 42.0 Å². The van der Waals surface area contributed by atoms with Gasteiger partial charge in [0, 0.05) is 5.02 Å². The van der Waals surface area contributed by atoms with E-state index in [1.54, 1.807) is 13.2 Å². The zero-order valence-corrected chi connectivity index (χ0v) is 13.7. The molecule has 0 aliphatic carbocycles. The minimum Gasteiger partial charge on any atom is -0.504 e. The Hall–Kier alpha value is -1.93. The molecule has 2 aromatic rings. The summed E-state index contributed by atoms with van der Waals surface area (Å²) in [6, 6.07) is 11.6. The number of aromatic hydroxyl groups is 1. The van der Waals surface area contributed by atoms with Gasteiger partial charge in [-0.2, -0.15) is 0 Å². The number of methoxy groups -OCH3 is 1. The van der Waals surface area contributed by atoms with Crippen molar-refractivity contribution >= 4 is 17.7 Å². The van der Waals surface area contributed by atoms with E-state index in [2.05, 4.69) is 18.2 Å². The van der Waals surface area contributed by atoms with Crippen molar-refractivity contribution in [3.05, 3.63) is 64.2 Å². The van der Waals surface area contributed by atoms with Crippen molar-refractivity contribution in [3.63, 3.8) is 0 Å². The molecule has 22 heavy (non-hydrogen) atoms. The van der Waals surface area contributed by atoms with Crippen LogP contribution in [0.2, 0.25) is 5.02 Å². The number of aryl methyl sites for hydroxylation is 2. The summed E-state index contributed by atoms with van der Waals surface area (Å²) in [7, 11) is 1.55. The van der Waals surface area contributed by atoms with E-state index in [4.69, 9.17) is 16.3 Å². The quantitative estimate of drug-likeness (QED) is 0.723. The van der Waals surface area contributed by atoms with E-state index in [-0.39, 0.29) is 5.75 Å². The summed E-state index contributed by atoms with van der Waals surface area (Å²) in [6.45, 7) is 2.01. The second kappa shape index (κ2) is 7.90. The number of halogens is 1. The summed E-state index contributed by atoms with van der Waals surface area (Å²) >= 11 is 6.13. The Kier molecular flexibility index (Phi) is 5.91. The number of ether oxygens (including phenoxy) is 1. The minimum absolute atomic E-state index is 0.163.